The third-order valence-corrected chi connectivity index (χ3v) is 5.54. The number of halogens is 2. The van der Waals surface area contributed by atoms with Crippen LogP contribution < -0.4 is 10.6 Å². The highest BCUT2D eigenvalue weighted by Crippen LogP contribution is 2.41. The fourth-order valence-electron chi connectivity index (χ4n) is 3.91. The summed E-state index contributed by atoms with van der Waals surface area (Å²) in [6.07, 6.45) is 4.43. The van der Waals surface area contributed by atoms with E-state index in [2.05, 4.69) is 10.6 Å². The van der Waals surface area contributed by atoms with E-state index in [1.807, 2.05) is 24.3 Å². The Kier molecular flexibility index (Phi) is 6.93. The van der Waals surface area contributed by atoms with Gasteiger partial charge >= 0.3 is 0 Å². The molecule has 0 radical (unpaired) electrons. The van der Waals surface area contributed by atoms with E-state index >= 15 is 0 Å². The molecule has 2 atom stereocenters. The molecule has 1 amide bonds. The maximum absolute atomic E-state index is 12.9. The predicted octanol–water partition coefficient (Wildman–Crippen LogP) is 2.56. The van der Waals surface area contributed by atoms with Crippen LogP contribution in [0.1, 0.15) is 31.2 Å². The SMILES string of the molecule is Cl.O=C(NCC1CNCC1O)C1(Cc2cccc(Cl)c2)CCCC1. The number of nitrogens with one attached hydrogen (secondary N) is 2. The van der Waals surface area contributed by atoms with E-state index in [1.54, 1.807) is 0 Å². The predicted molar refractivity (Wildman–Crippen MR) is 98.7 cm³/mol. The molecule has 1 saturated carbocycles. The van der Waals surface area contributed by atoms with Crippen molar-refractivity contribution < 1.29 is 9.90 Å². The highest BCUT2D eigenvalue weighted by atomic mass is 35.5. The second-order valence-corrected chi connectivity index (χ2v) is 7.43. The van der Waals surface area contributed by atoms with Crippen LogP contribution in [0.15, 0.2) is 24.3 Å². The maximum atomic E-state index is 12.9. The summed E-state index contributed by atoms with van der Waals surface area (Å²) < 4.78 is 0. The van der Waals surface area contributed by atoms with Gasteiger partial charge in [-0.1, -0.05) is 36.6 Å². The first kappa shape index (κ1) is 19.5. The largest absolute Gasteiger partial charge is 0.391 e. The average molecular weight is 373 g/mol. The van der Waals surface area contributed by atoms with Crippen LogP contribution in [-0.2, 0) is 11.2 Å². The summed E-state index contributed by atoms with van der Waals surface area (Å²) in [5.41, 5.74) is 0.805. The second kappa shape index (κ2) is 8.52. The van der Waals surface area contributed by atoms with Crippen LogP contribution in [0.5, 0.6) is 0 Å². The smallest absolute Gasteiger partial charge is 0.226 e. The molecule has 3 rings (SSSR count). The summed E-state index contributed by atoms with van der Waals surface area (Å²) in [4.78, 5) is 12.9. The van der Waals surface area contributed by atoms with Crippen molar-refractivity contribution in [2.45, 2.75) is 38.2 Å². The van der Waals surface area contributed by atoms with Crippen molar-refractivity contribution in [2.24, 2.45) is 11.3 Å². The van der Waals surface area contributed by atoms with Crippen LogP contribution in [0, 0.1) is 11.3 Å². The summed E-state index contributed by atoms with van der Waals surface area (Å²) in [5.74, 6) is 0.248. The molecule has 2 fully saturated rings. The van der Waals surface area contributed by atoms with Crippen molar-refractivity contribution in [1.29, 1.82) is 0 Å². The number of aliphatic hydroxyl groups is 1. The molecule has 1 aliphatic heterocycles. The fourth-order valence-corrected chi connectivity index (χ4v) is 4.13. The number of β-amino-alcohol motifs (C(OH)–C–C–N with tert-alkyl or cyclic N) is 1. The Bertz CT molecular complexity index is 562. The van der Waals surface area contributed by atoms with Crippen molar-refractivity contribution in [3.05, 3.63) is 34.9 Å². The lowest BCUT2D eigenvalue weighted by Crippen LogP contribution is -2.44. The van der Waals surface area contributed by atoms with Gasteiger partial charge in [-0.05, 0) is 37.0 Å². The number of hydrogen-bond donors (Lipinski definition) is 3. The first-order valence-electron chi connectivity index (χ1n) is 8.51. The zero-order valence-corrected chi connectivity index (χ0v) is 15.3. The first-order chi connectivity index (χ1) is 11.1. The van der Waals surface area contributed by atoms with Crippen molar-refractivity contribution in [2.75, 3.05) is 19.6 Å². The number of benzene rings is 1. The lowest BCUT2D eigenvalue weighted by molar-refractivity contribution is -0.131. The second-order valence-electron chi connectivity index (χ2n) is 6.99. The highest BCUT2D eigenvalue weighted by molar-refractivity contribution is 6.30. The normalized spacial score (nSPS) is 25.2. The molecule has 2 aliphatic rings. The highest BCUT2D eigenvalue weighted by Gasteiger charge is 2.41. The van der Waals surface area contributed by atoms with Crippen LogP contribution in [0.25, 0.3) is 0 Å². The summed E-state index contributed by atoms with van der Waals surface area (Å²) >= 11 is 6.08. The van der Waals surface area contributed by atoms with Gasteiger partial charge in [0.1, 0.15) is 0 Å². The topological polar surface area (TPSA) is 61.4 Å². The van der Waals surface area contributed by atoms with Crippen molar-refractivity contribution in [3.63, 3.8) is 0 Å². The average Bonchev–Trinajstić information content (AvgIpc) is 3.15. The number of carbonyl (C=O) groups is 1. The first-order valence-corrected chi connectivity index (χ1v) is 8.88. The van der Waals surface area contributed by atoms with Gasteiger partial charge < -0.3 is 15.7 Å². The molecule has 1 aromatic rings. The molecular formula is C18H26Cl2N2O2. The molecular weight excluding hydrogens is 347 g/mol. The van der Waals surface area contributed by atoms with Gasteiger partial charge in [0.15, 0.2) is 0 Å². The molecule has 1 aliphatic carbocycles. The molecule has 2 unspecified atom stereocenters. The molecule has 1 heterocycles. The summed E-state index contributed by atoms with van der Waals surface area (Å²) in [6, 6.07) is 7.81. The molecule has 0 spiro atoms. The number of hydrogen-bond acceptors (Lipinski definition) is 3. The van der Waals surface area contributed by atoms with Gasteiger partial charge in [0, 0.05) is 30.6 Å². The molecule has 24 heavy (non-hydrogen) atoms. The lowest BCUT2D eigenvalue weighted by atomic mass is 9.79. The minimum absolute atomic E-state index is 0. The zero-order chi connectivity index (χ0) is 16.3. The van der Waals surface area contributed by atoms with E-state index in [4.69, 9.17) is 11.6 Å². The van der Waals surface area contributed by atoms with Gasteiger partial charge in [0.2, 0.25) is 5.91 Å². The molecule has 134 valence electrons. The Morgan fingerprint density at radius 3 is 2.71 bits per heavy atom. The third-order valence-electron chi connectivity index (χ3n) is 5.30. The van der Waals surface area contributed by atoms with Gasteiger partial charge in [-0.2, -0.15) is 0 Å². The van der Waals surface area contributed by atoms with Crippen molar-refractivity contribution >= 4 is 29.9 Å². The summed E-state index contributed by atoms with van der Waals surface area (Å²) in [7, 11) is 0. The van der Waals surface area contributed by atoms with Gasteiger partial charge in [-0.3, -0.25) is 4.79 Å². The van der Waals surface area contributed by atoms with E-state index in [-0.39, 0.29) is 35.8 Å². The number of amides is 1. The molecule has 1 saturated heterocycles. The van der Waals surface area contributed by atoms with Crippen LogP contribution in [0.4, 0.5) is 0 Å². The summed E-state index contributed by atoms with van der Waals surface area (Å²) in [5, 5.41) is 16.8. The van der Waals surface area contributed by atoms with Crippen LogP contribution in [-0.4, -0.2) is 36.8 Å². The van der Waals surface area contributed by atoms with Crippen LogP contribution in [0.2, 0.25) is 5.02 Å². The minimum Gasteiger partial charge on any atom is -0.391 e. The Balaban J connectivity index is 0.00000208. The standard InChI is InChI=1S/C18H25ClN2O2.ClH/c19-15-5-3-4-13(8-15)9-18(6-1-2-7-18)17(23)21-11-14-10-20-12-16(14)22;/h3-5,8,14,16,20,22H,1-2,6-7,9-12H2,(H,21,23);1H. The van der Waals surface area contributed by atoms with E-state index in [9.17, 15) is 9.90 Å². The molecule has 4 nitrogen and oxygen atoms in total. The van der Waals surface area contributed by atoms with E-state index in [1.165, 1.54) is 0 Å². The number of rotatable bonds is 5. The fraction of sp³-hybridized carbons (Fsp3) is 0.611. The lowest BCUT2D eigenvalue weighted by Gasteiger charge is -2.29. The van der Waals surface area contributed by atoms with Crippen molar-refractivity contribution in [3.8, 4) is 0 Å². The van der Waals surface area contributed by atoms with Crippen LogP contribution in [0.3, 0.4) is 0 Å². The van der Waals surface area contributed by atoms with Gasteiger partial charge in [0.25, 0.3) is 0 Å². The Hall–Kier alpha value is -0.810. The van der Waals surface area contributed by atoms with Gasteiger partial charge in [0.05, 0.1) is 11.5 Å². The van der Waals surface area contributed by atoms with E-state index < -0.39 is 0 Å². The van der Waals surface area contributed by atoms with Crippen LogP contribution >= 0.6 is 24.0 Å². The monoisotopic (exact) mass is 372 g/mol. The summed E-state index contributed by atoms with van der Waals surface area (Å²) in [6.45, 7) is 1.93. The Morgan fingerprint density at radius 1 is 1.33 bits per heavy atom. The Labute approximate surface area is 154 Å². The molecule has 1 aromatic carbocycles. The molecule has 3 N–H and O–H groups in total. The van der Waals surface area contributed by atoms with Crippen molar-refractivity contribution in [1.82, 2.24) is 10.6 Å². The Morgan fingerprint density at radius 2 is 2.08 bits per heavy atom. The van der Waals surface area contributed by atoms with Gasteiger partial charge in [-0.25, -0.2) is 0 Å². The minimum atomic E-state index is -0.359. The van der Waals surface area contributed by atoms with E-state index in [0.717, 1.165) is 49.2 Å². The maximum Gasteiger partial charge on any atom is 0.226 e. The molecule has 0 bridgehead atoms. The molecule has 0 aromatic heterocycles. The number of carbonyl (C=O) groups excluding carboxylic acids is 1. The zero-order valence-electron chi connectivity index (χ0n) is 13.8. The third kappa shape index (κ3) is 4.42. The van der Waals surface area contributed by atoms with E-state index in [0.29, 0.717) is 13.1 Å². The number of aliphatic hydroxyl groups excluding tert-OH is 1. The quantitative estimate of drug-likeness (QED) is 0.744. The molecule has 6 heteroatoms. The van der Waals surface area contributed by atoms with Gasteiger partial charge in [-0.15, -0.1) is 12.4 Å².